The molecule has 0 aliphatic carbocycles. The number of rotatable bonds is 1. The Morgan fingerprint density at radius 1 is 1.44 bits per heavy atom. The van der Waals surface area contributed by atoms with E-state index in [9.17, 15) is 4.79 Å². The Hall–Kier alpha value is -1.30. The number of ether oxygens (including phenoxy) is 1. The summed E-state index contributed by atoms with van der Waals surface area (Å²) in [7, 11) is 0. The zero-order valence-electron chi connectivity index (χ0n) is 10.8. The van der Waals surface area contributed by atoms with Gasteiger partial charge in [-0.2, -0.15) is 5.10 Å². The summed E-state index contributed by atoms with van der Waals surface area (Å²) in [6.07, 6.45) is -0.316. The van der Waals surface area contributed by atoms with Gasteiger partial charge < -0.3 is 4.74 Å². The molecule has 0 bridgehead atoms. The number of fused-ring (bicyclic) bond motifs is 1. The van der Waals surface area contributed by atoms with E-state index in [-0.39, 0.29) is 12.0 Å². The first kappa shape index (κ1) is 13.1. The third kappa shape index (κ3) is 2.93. The number of nitrogens with zero attached hydrogens (tertiary/aromatic N) is 4. The average Bonchev–Trinajstić information content (AvgIpc) is 2.68. The molecule has 0 spiro atoms. The minimum absolute atomic E-state index is 0.284. The summed E-state index contributed by atoms with van der Waals surface area (Å²) in [6.45, 7) is 7.17. The Kier molecular flexibility index (Phi) is 3.47. The van der Waals surface area contributed by atoms with E-state index in [1.165, 1.54) is 0 Å². The van der Waals surface area contributed by atoms with Crippen molar-refractivity contribution < 1.29 is 9.53 Å². The fourth-order valence-electron chi connectivity index (χ4n) is 1.73. The summed E-state index contributed by atoms with van der Waals surface area (Å²) in [6, 6.07) is 0. The first-order valence-corrected chi connectivity index (χ1v) is 6.39. The normalized spacial score (nSPS) is 15.4. The highest BCUT2D eigenvalue weighted by Crippen LogP contribution is 2.15. The molecule has 7 heteroatoms. The van der Waals surface area contributed by atoms with Gasteiger partial charge in [0.1, 0.15) is 11.4 Å². The molecule has 0 atom stereocenters. The van der Waals surface area contributed by atoms with E-state index in [4.69, 9.17) is 16.3 Å². The van der Waals surface area contributed by atoms with Gasteiger partial charge in [-0.05, 0) is 20.8 Å². The summed E-state index contributed by atoms with van der Waals surface area (Å²) in [5, 5.41) is 4.23. The van der Waals surface area contributed by atoms with Crippen molar-refractivity contribution in [3.63, 3.8) is 0 Å². The van der Waals surface area contributed by atoms with Crippen molar-refractivity contribution in [3.05, 3.63) is 11.6 Å². The highest BCUT2D eigenvalue weighted by molar-refractivity contribution is 6.16. The first-order chi connectivity index (χ1) is 8.39. The van der Waals surface area contributed by atoms with Gasteiger partial charge in [0.05, 0.1) is 19.0 Å². The summed E-state index contributed by atoms with van der Waals surface area (Å²) >= 11 is 5.69. The topological polar surface area (TPSA) is 60.2 Å². The zero-order chi connectivity index (χ0) is 13.3. The highest BCUT2D eigenvalue weighted by atomic mass is 35.5. The molecule has 1 aromatic heterocycles. The van der Waals surface area contributed by atoms with E-state index in [0.29, 0.717) is 25.5 Å². The Bertz CT molecular complexity index is 452. The molecule has 2 heterocycles. The Balaban J connectivity index is 2.05. The lowest BCUT2D eigenvalue weighted by molar-refractivity contribution is 0.0190. The molecule has 1 amide bonds. The summed E-state index contributed by atoms with van der Waals surface area (Å²) in [4.78, 5) is 17.8. The van der Waals surface area contributed by atoms with Gasteiger partial charge in [-0.1, -0.05) is 0 Å². The van der Waals surface area contributed by atoms with Crippen LogP contribution in [0.5, 0.6) is 0 Å². The second-order valence-electron chi connectivity index (χ2n) is 5.20. The average molecular weight is 273 g/mol. The van der Waals surface area contributed by atoms with Crippen molar-refractivity contribution in [2.45, 2.75) is 45.3 Å². The fraction of sp³-hybridized carbons (Fsp3) is 0.727. The monoisotopic (exact) mass is 272 g/mol. The van der Waals surface area contributed by atoms with Crippen molar-refractivity contribution >= 4 is 17.7 Å². The maximum Gasteiger partial charge on any atom is 0.410 e. The number of halogens is 1. The molecule has 6 nitrogen and oxygen atoms in total. The minimum atomic E-state index is -0.483. The Morgan fingerprint density at radius 3 is 2.78 bits per heavy atom. The molecular weight excluding hydrogens is 256 g/mol. The van der Waals surface area contributed by atoms with Crippen LogP contribution in [0.4, 0.5) is 4.79 Å². The van der Waals surface area contributed by atoms with Gasteiger partial charge in [0.15, 0.2) is 5.82 Å². The van der Waals surface area contributed by atoms with E-state index in [1.807, 2.05) is 20.8 Å². The summed E-state index contributed by atoms with van der Waals surface area (Å²) in [5.41, 5.74) is -0.483. The SMILES string of the molecule is CC(C)(C)OC(=O)N1CCn2nc(CCl)nc2C1. The molecule has 0 aromatic carbocycles. The standard InChI is InChI=1S/C11H17ClN4O2/c1-11(2,3)18-10(17)15-4-5-16-9(7-15)13-8(6-12)14-16/h4-7H2,1-3H3. The van der Waals surface area contributed by atoms with Gasteiger partial charge in [0.25, 0.3) is 0 Å². The number of aromatic nitrogens is 3. The number of carbonyl (C=O) groups is 1. The van der Waals surface area contributed by atoms with Gasteiger partial charge in [-0.15, -0.1) is 11.6 Å². The maximum atomic E-state index is 11.9. The smallest absolute Gasteiger partial charge is 0.410 e. The molecule has 0 saturated carbocycles. The molecule has 0 radical (unpaired) electrons. The van der Waals surface area contributed by atoms with Crippen LogP contribution < -0.4 is 0 Å². The fourth-order valence-corrected chi connectivity index (χ4v) is 1.84. The second-order valence-corrected chi connectivity index (χ2v) is 5.47. The zero-order valence-corrected chi connectivity index (χ0v) is 11.6. The van der Waals surface area contributed by atoms with Crippen molar-refractivity contribution in [2.75, 3.05) is 6.54 Å². The van der Waals surface area contributed by atoms with Crippen LogP contribution in [0.25, 0.3) is 0 Å². The van der Waals surface area contributed by atoms with Crippen LogP contribution in [0.2, 0.25) is 0 Å². The van der Waals surface area contributed by atoms with Crippen LogP contribution in [0.1, 0.15) is 32.4 Å². The molecule has 1 aromatic rings. The first-order valence-electron chi connectivity index (χ1n) is 5.85. The van der Waals surface area contributed by atoms with Gasteiger partial charge >= 0.3 is 6.09 Å². The predicted molar refractivity (Wildman–Crippen MR) is 66.2 cm³/mol. The predicted octanol–water partition coefficient (Wildman–Crippen LogP) is 1.77. The highest BCUT2D eigenvalue weighted by Gasteiger charge is 2.27. The number of alkyl halides is 1. The van der Waals surface area contributed by atoms with E-state index in [2.05, 4.69) is 10.1 Å². The number of hydrogen-bond donors (Lipinski definition) is 0. The van der Waals surface area contributed by atoms with Crippen LogP contribution in [-0.2, 0) is 23.7 Å². The van der Waals surface area contributed by atoms with Crippen LogP contribution in [0.3, 0.4) is 0 Å². The van der Waals surface area contributed by atoms with E-state index in [1.54, 1.807) is 9.58 Å². The molecule has 1 aliphatic rings. The molecule has 0 saturated heterocycles. The van der Waals surface area contributed by atoms with Crippen molar-refractivity contribution in [2.24, 2.45) is 0 Å². The lowest BCUT2D eigenvalue weighted by Gasteiger charge is -2.29. The van der Waals surface area contributed by atoms with E-state index < -0.39 is 5.60 Å². The largest absolute Gasteiger partial charge is 0.444 e. The Labute approximate surface area is 111 Å². The van der Waals surface area contributed by atoms with Crippen LogP contribution in [0, 0.1) is 0 Å². The third-order valence-corrected chi connectivity index (χ3v) is 2.72. The van der Waals surface area contributed by atoms with Gasteiger partial charge in [-0.3, -0.25) is 4.90 Å². The Morgan fingerprint density at radius 2 is 2.17 bits per heavy atom. The van der Waals surface area contributed by atoms with Gasteiger partial charge in [0, 0.05) is 6.54 Å². The van der Waals surface area contributed by atoms with Crippen LogP contribution in [-0.4, -0.2) is 37.9 Å². The molecule has 18 heavy (non-hydrogen) atoms. The molecule has 1 aliphatic heterocycles. The maximum absolute atomic E-state index is 11.9. The number of hydrogen-bond acceptors (Lipinski definition) is 4. The molecule has 0 fully saturated rings. The van der Waals surface area contributed by atoms with Crippen LogP contribution in [0.15, 0.2) is 0 Å². The molecule has 2 rings (SSSR count). The summed E-state index contributed by atoms with van der Waals surface area (Å²) < 4.78 is 7.12. The van der Waals surface area contributed by atoms with Crippen molar-refractivity contribution in [1.82, 2.24) is 19.7 Å². The summed E-state index contributed by atoms with van der Waals surface area (Å²) in [5.74, 6) is 1.63. The van der Waals surface area contributed by atoms with E-state index >= 15 is 0 Å². The quantitative estimate of drug-likeness (QED) is 0.731. The lowest BCUT2D eigenvalue weighted by Crippen LogP contribution is -2.41. The lowest BCUT2D eigenvalue weighted by atomic mass is 10.2. The van der Waals surface area contributed by atoms with E-state index in [0.717, 1.165) is 5.82 Å². The molecular formula is C11H17ClN4O2. The molecule has 0 unspecified atom stereocenters. The van der Waals surface area contributed by atoms with Gasteiger partial charge in [-0.25, -0.2) is 14.5 Å². The minimum Gasteiger partial charge on any atom is -0.444 e. The van der Waals surface area contributed by atoms with Gasteiger partial charge in [0.2, 0.25) is 0 Å². The second kappa shape index (κ2) is 4.76. The number of carbonyl (C=O) groups excluding carboxylic acids is 1. The number of amides is 1. The van der Waals surface area contributed by atoms with Crippen LogP contribution >= 0.6 is 11.6 Å². The molecule has 0 N–H and O–H groups in total. The third-order valence-electron chi connectivity index (χ3n) is 2.48. The van der Waals surface area contributed by atoms with Crippen molar-refractivity contribution in [3.8, 4) is 0 Å². The molecule has 100 valence electrons. The van der Waals surface area contributed by atoms with Crippen molar-refractivity contribution in [1.29, 1.82) is 0 Å².